The maximum atomic E-state index is 2.24. The third-order valence-corrected chi connectivity index (χ3v) is 2.73. The Labute approximate surface area is 103 Å². The maximum Gasteiger partial charge on any atom is 2.00 e. The van der Waals surface area contributed by atoms with Crippen molar-refractivity contribution in [1.82, 2.24) is 0 Å². The minimum absolute atomic E-state index is 0. The average molecular weight is 245 g/mol. The molecule has 83 valence electrons. The molecule has 0 spiro atoms. The fourth-order valence-corrected chi connectivity index (χ4v) is 1.45. The van der Waals surface area contributed by atoms with E-state index in [0.29, 0.717) is 0 Å². The topological polar surface area (TPSA) is 0 Å². The molecule has 0 nitrogen and oxygen atoms in total. The quantitative estimate of drug-likeness (QED) is 0.614. The predicted octanol–water partition coefficient (Wildman–Crippen LogP) is 4.04. The van der Waals surface area contributed by atoms with Crippen LogP contribution in [0.1, 0.15) is 22.3 Å². The zero-order valence-electron chi connectivity index (χ0n) is 9.80. The van der Waals surface area contributed by atoms with Crippen molar-refractivity contribution in [2.45, 2.75) is 27.7 Å². The Kier molecular flexibility index (Phi) is 6.29. The first kappa shape index (κ1) is 14.2. The molecule has 2 rings (SSSR count). The van der Waals surface area contributed by atoms with E-state index in [9.17, 15) is 0 Å². The Balaban J connectivity index is 0.000000280. The monoisotopic (exact) mass is 245 g/mol. The SMILES string of the molecule is Cc1c[c-](C)c(C)c1C.[Co+2].c1cc[cH-]c1. The zero-order chi connectivity index (χ0) is 10.6. The molecule has 0 aliphatic carbocycles. The van der Waals surface area contributed by atoms with Gasteiger partial charge in [0, 0.05) is 0 Å². The number of rotatable bonds is 0. The van der Waals surface area contributed by atoms with Gasteiger partial charge in [-0.3, -0.25) is 0 Å². The summed E-state index contributed by atoms with van der Waals surface area (Å²) in [6, 6.07) is 12.2. The van der Waals surface area contributed by atoms with E-state index in [1.165, 1.54) is 22.3 Å². The smallest absolute Gasteiger partial charge is 0.214 e. The number of aryl methyl sites for hydroxylation is 2. The molecule has 0 amide bonds. The summed E-state index contributed by atoms with van der Waals surface area (Å²) in [4.78, 5) is 0. The van der Waals surface area contributed by atoms with Gasteiger partial charge in [0.2, 0.25) is 0 Å². The van der Waals surface area contributed by atoms with Gasteiger partial charge in [0.15, 0.2) is 0 Å². The molecule has 15 heavy (non-hydrogen) atoms. The summed E-state index contributed by atoms with van der Waals surface area (Å²) in [6.45, 7) is 8.68. The van der Waals surface area contributed by atoms with Crippen molar-refractivity contribution in [2.24, 2.45) is 0 Å². The van der Waals surface area contributed by atoms with Gasteiger partial charge in [0.25, 0.3) is 0 Å². The van der Waals surface area contributed by atoms with Gasteiger partial charge in [0.1, 0.15) is 0 Å². The van der Waals surface area contributed by atoms with Crippen LogP contribution in [0, 0.1) is 27.7 Å². The zero-order valence-corrected chi connectivity index (χ0v) is 10.8. The van der Waals surface area contributed by atoms with Gasteiger partial charge in [-0.1, -0.05) is 27.7 Å². The van der Waals surface area contributed by atoms with E-state index in [1.807, 2.05) is 30.3 Å². The standard InChI is InChI=1S/C9H13.C5H5.Co/c1-6-5-7(2)9(4)8(6)3;1-2-4-5-3-1;/h5H,1-4H3;1-5H;/q2*-1;+2. The first-order valence-electron chi connectivity index (χ1n) is 4.99. The Morgan fingerprint density at radius 1 is 1.07 bits per heavy atom. The van der Waals surface area contributed by atoms with E-state index in [2.05, 4.69) is 33.8 Å². The molecule has 2 aromatic carbocycles. The molecule has 0 N–H and O–H groups in total. The molecule has 0 saturated heterocycles. The molecular formula is C14H18Co. The number of hydrogen-bond acceptors (Lipinski definition) is 0. The first-order chi connectivity index (χ1) is 6.63. The van der Waals surface area contributed by atoms with E-state index in [4.69, 9.17) is 0 Å². The molecule has 0 unspecified atom stereocenters. The van der Waals surface area contributed by atoms with Gasteiger partial charge < -0.3 is 0 Å². The van der Waals surface area contributed by atoms with Crippen LogP contribution >= 0.6 is 0 Å². The van der Waals surface area contributed by atoms with Gasteiger partial charge in [-0.2, -0.15) is 46.5 Å². The van der Waals surface area contributed by atoms with Crippen LogP contribution in [-0.4, -0.2) is 0 Å². The predicted molar refractivity (Wildman–Crippen MR) is 63.0 cm³/mol. The van der Waals surface area contributed by atoms with E-state index in [-0.39, 0.29) is 16.8 Å². The summed E-state index contributed by atoms with van der Waals surface area (Å²) in [5.74, 6) is 0. The summed E-state index contributed by atoms with van der Waals surface area (Å²) in [7, 11) is 0. The fraction of sp³-hybridized carbons (Fsp3) is 0.286. The van der Waals surface area contributed by atoms with Crippen molar-refractivity contribution in [1.29, 1.82) is 0 Å². The minimum atomic E-state index is 0. The van der Waals surface area contributed by atoms with Gasteiger partial charge in [-0.15, -0.1) is 0 Å². The van der Waals surface area contributed by atoms with Crippen molar-refractivity contribution < 1.29 is 16.8 Å². The van der Waals surface area contributed by atoms with Crippen LogP contribution in [0.5, 0.6) is 0 Å². The normalized spacial score (nSPS) is 8.80. The Bertz CT molecular complexity index is 326. The van der Waals surface area contributed by atoms with Crippen LogP contribution < -0.4 is 0 Å². The van der Waals surface area contributed by atoms with Crippen LogP contribution in [0.2, 0.25) is 0 Å². The molecule has 0 aromatic heterocycles. The summed E-state index contributed by atoms with van der Waals surface area (Å²) < 4.78 is 0. The van der Waals surface area contributed by atoms with Crippen LogP contribution in [0.4, 0.5) is 0 Å². The largest absolute Gasteiger partial charge is 2.00 e. The molecular weight excluding hydrogens is 227 g/mol. The van der Waals surface area contributed by atoms with E-state index < -0.39 is 0 Å². The Hall–Kier alpha value is -0.794. The van der Waals surface area contributed by atoms with Crippen LogP contribution in [-0.2, 0) is 16.8 Å². The molecule has 0 aliphatic heterocycles. The summed E-state index contributed by atoms with van der Waals surface area (Å²) >= 11 is 0. The number of hydrogen-bond donors (Lipinski definition) is 0. The Morgan fingerprint density at radius 3 is 1.73 bits per heavy atom. The van der Waals surface area contributed by atoms with Gasteiger partial charge in [-0.25, -0.2) is 12.1 Å². The summed E-state index contributed by atoms with van der Waals surface area (Å²) in [5, 5.41) is 0. The molecule has 1 radical (unpaired) electrons. The Morgan fingerprint density at radius 2 is 1.60 bits per heavy atom. The van der Waals surface area contributed by atoms with Gasteiger partial charge >= 0.3 is 16.8 Å². The average Bonchev–Trinajstić information content (AvgIpc) is 2.78. The van der Waals surface area contributed by atoms with Crippen LogP contribution in [0.15, 0.2) is 36.4 Å². The van der Waals surface area contributed by atoms with Crippen molar-refractivity contribution in [3.05, 3.63) is 58.7 Å². The van der Waals surface area contributed by atoms with E-state index in [1.54, 1.807) is 0 Å². The van der Waals surface area contributed by atoms with Crippen molar-refractivity contribution in [2.75, 3.05) is 0 Å². The van der Waals surface area contributed by atoms with Crippen molar-refractivity contribution in [3.63, 3.8) is 0 Å². The first-order valence-corrected chi connectivity index (χ1v) is 4.99. The molecule has 0 aliphatic rings. The molecule has 2 aromatic rings. The second kappa shape index (κ2) is 6.65. The van der Waals surface area contributed by atoms with Gasteiger partial charge in [-0.05, 0) is 0 Å². The van der Waals surface area contributed by atoms with Crippen molar-refractivity contribution >= 4 is 0 Å². The van der Waals surface area contributed by atoms with Crippen LogP contribution in [0.3, 0.4) is 0 Å². The van der Waals surface area contributed by atoms with Crippen molar-refractivity contribution in [3.8, 4) is 0 Å². The third kappa shape index (κ3) is 4.06. The summed E-state index contributed by atoms with van der Waals surface area (Å²) in [6.07, 6.45) is 0. The molecule has 1 heteroatoms. The molecule has 0 fully saturated rings. The maximum absolute atomic E-state index is 2.24. The fourth-order valence-electron chi connectivity index (χ4n) is 1.45. The third-order valence-electron chi connectivity index (χ3n) is 2.73. The summed E-state index contributed by atoms with van der Waals surface area (Å²) in [5.41, 5.74) is 5.75. The molecule has 0 atom stereocenters. The second-order valence-corrected chi connectivity index (χ2v) is 3.72. The minimum Gasteiger partial charge on any atom is -0.214 e. The van der Waals surface area contributed by atoms with E-state index >= 15 is 0 Å². The molecule has 0 heterocycles. The molecule has 0 saturated carbocycles. The second-order valence-electron chi connectivity index (χ2n) is 3.72. The van der Waals surface area contributed by atoms with Gasteiger partial charge in [0.05, 0.1) is 0 Å². The van der Waals surface area contributed by atoms with Crippen LogP contribution in [0.25, 0.3) is 0 Å². The molecule has 0 bridgehead atoms. The van der Waals surface area contributed by atoms with E-state index in [0.717, 1.165) is 0 Å².